The van der Waals surface area contributed by atoms with Crippen molar-refractivity contribution in [3.63, 3.8) is 0 Å². The summed E-state index contributed by atoms with van der Waals surface area (Å²) in [4.78, 5) is 0. The summed E-state index contributed by atoms with van der Waals surface area (Å²) < 4.78 is 0. The van der Waals surface area contributed by atoms with Crippen molar-refractivity contribution in [3.05, 3.63) is 0 Å². The summed E-state index contributed by atoms with van der Waals surface area (Å²) in [6.07, 6.45) is 1.27. The third-order valence-corrected chi connectivity index (χ3v) is 3.34. The quantitative estimate of drug-likeness (QED) is 0.696. The van der Waals surface area contributed by atoms with Crippen LogP contribution in [-0.4, -0.2) is 25.2 Å². The molecule has 0 saturated carbocycles. The van der Waals surface area contributed by atoms with Crippen LogP contribution in [0.5, 0.6) is 0 Å². The summed E-state index contributed by atoms with van der Waals surface area (Å²) in [6.45, 7) is 11.4. The lowest BCUT2D eigenvalue weighted by molar-refractivity contribution is 0.248. The molecule has 0 amide bonds. The first kappa shape index (κ1) is 11.0. The van der Waals surface area contributed by atoms with Gasteiger partial charge < -0.3 is 10.6 Å². The molecule has 2 nitrogen and oxygen atoms in total. The highest BCUT2D eigenvalue weighted by atomic mass is 15.1. The van der Waals surface area contributed by atoms with E-state index in [9.17, 15) is 0 Å². The molecule has 1 saturated heterocycles. The van der Waals surface area contributed by atoms with Crippen LogP contribution in [0, 0.1) is 11.8 Å². The van der Waals surface area contributed by atoms with Crippen molar-refractivity contribution in [2.45, 2.75) is 46.2 Å². The van der Waals surface area contributed by atoms with E-state index >= 15 is 0 Å². The molecule has 3 unspecified atom stereocenters. The highest BCUT2D eigenvalue weighted by Gasteiger charge is 2.24. The Balaban J connectivity index is 2.30. The second kappa shape index (κ2) is 4.97. The van der Waals surface area contributed by atoms with Crippen LogP contribution < -0.4 is 10.6 Å². The highest BCUT2D eigenvalue weighted by molar-refractivity contribution is 4.86. The number of hydrogen-bond donors (Lipinski definition) is 2. The smallest absolute Gasteiger partial charge is 0.0218 e. The van der Waals surface area contributed by atoms with Crippen molar-refractivity contribution < 1.29 is 0 Å². The number of nitrogens with one attached hydrogen (secondary N) is 2. The molecule has 0 aromatic heterocycles. The maximum absolute atomic E-state index is 3.64. The summed E-state index contributed by atoms with van der Waals surface area (Å²) >= 11 is 0. The van der Waals surface area contributed by atoms with E-state index in [4.69, 9.17) is 0 Å². The van der Waals surface area contributed by atoms with Crippen molar-refractivity contribution in [3.8, 4) is 0 Å². The predicted octanol–water partition coefficient (Wildman–Crippen LogP) is 1.62. The number of hydrogen-bond acceptors (Lipinski definition) is 2. The maximum atomic E-state index is 3.64. The van der Waals surface area contributed by atoms with Crippen LogP contribution >= 0.6 is 0 Å². The zero-order valence-corrected chi connectivity index (χ0v) is 9.43. The molecule has 1 fully saturated rings. The number of piperazine rings is 1. The zero-order valence-electron chi connectivity index (χ0n) is 9.43. The van der Waals surface area contributed by atoms with E-state index in [0.717, 1.165) is 24.9 Å². The van der Waals surface area contributed by atoms with E-state index in [1.165, 1.54) is 6.42 Å². The summed E-state index contributed by atoms with van der Waals surface area (Å²) in [5.41, 5.74) is 0. The van der Waals surface area contributed by atoms with Gasteiger partial charge in [-0.15, -0.1) is 0 Å². The molecule has 13 heavy (non-hydrogen) atoms. The lowest BCUT2D eigenvalue weighted by Gasteiger charge is -2.36. The minimum Gasteiger partial charge on any atom is -0.311 e. The van der Waals surface area contributed by atoms with Gasteiger partial charge in [-0.05, 0) is 11.8 Å². The molecule has 1 heterocycles. The lowest BCUT2D eigenvalue weighted by atomic mass is 9.94. The van der Waals surface area contributed by atoms with Gasteiger partial charge in [-0.1, -0.05) is 34.1 Å². The Bertz CT molecular complexity index is 137. The van der Waals surface area contributed by atoms with Gasteiger partial charge in [0.2, 0.25) is 0 Å². The van der Waals surface area contributed by atoms with Gasteiger partial charge in [-0.25, -0.2) is 0 Å². The fourth-order valence-electron chi connectivity index (χ4n) is 1.86. The average Bonchev–Trinajstić information content (AvgIpc) is 2.17. The van der Waals surface area contributed by atoms with Gasteiger partial charge in [0.1, 0.15) is 0 Å². The van der Waals surface area contributed by atoms with E-state index in [-0.39, 0.29) is 0 Å². The van der Waals surface area contributed by atoms with Crippen LogP contribution in [0.4, 0.5) is 0 Å². The molecule has 2 heteroatoms. The average molecular weight is 184 g/mol. The molecule has 78 valence electrons. The van der Waals surface area contributed by atoms with Crippen LogP contribution in [-0.2, 0) is 0 Å². The van der Waals surface area contributed by atoms with Crippen LogP contribution in [0.2, 0.25) is 0 Å². The van der Waals surface area contributed by atoms with Gasteiger partial charge in [0.25, 0.3) is 0 Å². The van der Waals surface area contributed by atoms with Crippen LogP contribution in [0.1, 0.15) is 34.1 Å². The Morgan fingerprint density at radius 3 is 2.00 bits per heavy atom. The summed E-state index contributed by atoms with van der Waals surface area (Å²) in [5, 5.41) is 7.26. The fraction of sp³-hybridized carbons (Fsp3) is 1.00. The van der Waals surface area contributed by atoms with Crippen molar-refractivity contribution in [2.75, 3.05) is 13.1 Å². The fourth-order valence-corrected chi connectivity index (χ4v) is 1.86. The normalized spacial score (nSPS) is 32.1. The lowest BCUT2D eigenvalue weighted by Crippen LogP contribution is -2.58. The van der Waals surface area contributed by atoms with Gasteiger partial charge in [-0.2, -0.15) is 0 Å². The molecule has 1 aliphatic heterocycles. The Hall–Kier alpha value is -0.0800. The zero-order chi connectivity index (χ0) is 9.84. The predicted molar refractivity (Wildman–Crippen MR) is 57.9 cm³/mol. The van der Waals surface area contributed by atoms with E-state index in [2.05, 4.69) is 38.3 Å². The van der Waals surface area contributed by atoms with Gasteiger partial charge in [0.05, 0.1) is 0 Å². The molecular weight excluding hydrogens is 160 g/mol. The highest BCUT2D eigenvalue weighted by Crippen LogP contribution is 2.12. The third kappa shape index (κ3) is 2.96. The maximum Gasteiger partial charge on any atom is 0.0218 e. The van der Waals surface area contributed by atoms with E-state index < -0.39 is 0 Å². The van der Waals surface area contributed by atoms with Crippen molar-refractivity contribution in [1.29, 1.82) is 0 Å². The van der Waals surface area contributed by atoms with E-state index in [1.54, 1.807) is 0 Å². The minimum absolute atomic E-state index is 0.667. The van der Waals surface area contributed by atoms with Gasteiger partial charge in [-0.3, -0.25) is 0 Å². The topological polar surface area (TPSA) is 24.1 Å². The molecular formula is C11H24N2. The standard InChI is InChI=1S/C11H24N2/c1-5-9(4)11-7-12-10(6-13-11)8(2)3/h8-13H,5-7H2,1-4H3. The minimum atomic E-state index is 0.667. The van der Waals surface area contributed by atoms with E-state index in [0.29, 0.717) is 12.1 Å². The summed E-state index contributed by atoms with van der Waals surface area (Å²) in [7, 11) is 0. The molecule has 0 spiro atoms. The van der Waals surface area contributed by atoms with Crippen molar-refractivity contribution in [2.24, 2.45) is 11.8 Å². The number of rotatable bonds is 3. The van der Waals surface area contributed by atoms with Crippen LogP contribution in [0.3, 0.4) is 0 Å². The van der Waals surface area contributed by atoms with Crippen molar-refractivity contribution >= 4 is 0 Å². The SMILES string of the molecule is CCC(C)C1CNC(C(C)C)CN1. The van der Waals surface area contributed by atoms with Gasteiger partial charge in [0, 0.05) is 25.2 Å². The molecule has 1 rings (SSSR count). The molecule has 0 radical (unpaired) electrons. The van der Waals surface area contributed by atoms with Crippen molar-refractivity contribution in [1.82, 2.24) is 10.6 Å². The Morgan fingerprint density at radius 2 is 1.62 bits per heavy atom. The molecule has 2 N–H and O–H groups in total. The second-order valence-corrected chi connectivity index (χ2v) is 4.66. The first-order valence-electron chi connectivity index (χ1n) is 5.62. The van der Waals surface area contributed by atoms with Crippen LogP contribution in [0.15, 0.2) is 0 Å². The third-order valence-electron chi connectivity index (χ3n) is 3.34. The van der Waals surface area contributed by atoms with Gasteiger partial charge in [0.15, 0.2) is 0 Å². The first-order valence-corrected chi connectivity index (χ1v) is 5.62. The molecule has 0 aromatic carbocycles. The molecule has 0 bridgehead atoms. The molecule has 3 atom stereocenters. The molecule has 1 aliphatic rings. The monoisotopic (exact) mass is 184 g/mol. The van der Waals surface area contributed by atoms with Crippen LogP contribution in [0.25, 0.3) is 0 Å². The van der Waals surface area contributed by atoms with Gasteiger partial charge >= 0.3 is 0 Å². The summed E-state index contributed by atoms with van der Waals surface area (Å²) in [6, 6.07) is 1.35. The second-order valence-electron chi connectivity index (χ2n) is 4.66. The van der Waals surface area contributed by atoms with E-state index in [1.807, 2.05) is 0 Å². The molecule has 0 aliphatic carbocycles. The summed E-state index contributed by atoms with van der Waals surface area (Å²) in [5.74, 6) is 1.53. The largest absolute Gasteiger partial charge is 0.311 e. The first-order chi connectivity index (χ1) is 6.15. The Kier molecular flexibility index (Phi) is 4.20. The Morgan fingerprint density at radius 1 is 1.08 bits per heavy atom. The molecule has 0 aromatic rings. The Labute approximate surface area is 82.5 Å².